The standard InChI is InChI=1S/C12H27NO/c1-4-7-8-10-12(13)14-11(6-3)9-5-2/h11-12H,4-10,13H2,1-3H3. The Morgan fingerprint density at radius 3 is 2.21 bits per heavy atom. The first-order chi connectivity index (χ1) is 6.74. The summed E-state index contributed by atoms with van der Waals surface area (Å²) in [5, 5.41) is 0. The SMILES string of the molecule is CCCCCC(N)OC(CC)CCC. The molecule has 0 aliphatic carbocycles. The number of ether oxygens (including phenoxy) is 1. The second-order valence-corrected chi connectivity index (χ2v) is 3.99. The minimum atomic E-state index is -0.0435. The van der Waals surface area contributed by atoms with Crippen LogP contribution in [0.5, 0.6) is 0 Å². The number of hydrogen-bond donors (Lipinski definition) is 1. The molecule has 0 saturated carbocycles. The van der Waals surface area contributed by atoms with Crippen molar-refractivity contribution in [2.24, 2.45) is 5.73 Å². The van der Waals surface area contributed by atoms with Gasteiger partial charge in [-0.25, -0.2) is 0 Å². The fourth-order valence-corrected chi connectivity index (χ4v) is 1.60. The van der Waals surface area contributed by atoms with E-state index in [1.54, 1.807) is 0 Å². The van der Waals surface area contributed by atoms with Crippen molar-refractivity contribution in [2.75, 3.05) is 0 Å². The van der Waals surface area contributed by atoms with Crippen LogP contribution in [0.3, 0.4) is 0 Å². The number of unbranched alkanes of at least 4 members (excludes halogenated alkanes) is 2. The third-order valence-corrected chi connectivity index (χ3v) is 2.53. The molecule has 0 aliphatic heterocycles. The molecule has 0 rings (SSSR count). The molecule has 0 bridgehead atoms. The van der Waals surface area contributed by atoms with Crippen LogP contribution in [0.25, 0.3) is 0 Å². The van der Waals surface area contributed by atoms with E-state index in [-0.39, 0.29) is 6.23 Å². The Balaban J connectivity index is 3.51. The summed E-state index contributed by atoms with van der Waals surface area (Å²) in [6.45, 7) is 6.56. The molecular weight excluding hydrogens is 174 g/mol. The van der Waals surface area contributed by atoms with E-state index < -0.39 is 0 Å². The molecular formula is C12H27NO. The highest BCUT2D eigenvalue weighted by Crippen LogP contribution is 2.11. The molecule has 0 fully saturated rings. The van der Waals surface area contributed by atoms with Crippen molar-refractivity contribution in [3.05, 3.63) is 0 Å². The fraction of sp³-hybridized carbons (Fsp3) is 1.00. The first-order valence-corrected chi connectivity index (χ1v) is 6.15. The lowest BCUT2D eigenvalue weighted by molar-refractivity contribution is -0.0198. The summed E-state index contributed by atoms with van der Waals surface area (Å²) < 4.78 is 5.76. The first-order valence-electron chi connectivity index (χ1n) is 6.15. The summed E-state index contributed by atoms with van der Waals surface area (Å²) in [6, 6.07) is 0. The Morgan fingerprint density at radius 2 is 1.71 bits per heavy atom. The Labute approximate surface area is 89.2 Å². The second-order valence-electron chi connectivity index (χ2n) is 3.99. The lowest BCUT2D eigenvalue weighted by Crippen LogP contribution is -2.29. The van der Waals surface area contributed by atoms with Gasteiger partial charge in [-0.15, -0.1) is 0 Å². The summed E-state index contributed by atoms with van der Waals surface area (Å²) in [4.78, 5) is 0. The van der Waals surface area contributed by atoms with E-state index in [1.165, 1.54) is 25.7 Å². The van der Waals surface area contributed by atoms with Gasteiger partial charge in [-0.1, -0.05) is 40.0 Å². The molecule has 0 aromatic heterocycles. The third-order valence-electron chi connectivity index (χ3n) is 2.53. The number of rotatable bonds is 9. The van der Waals surface area contributed by atoms with Crippen LogP contribution in [0.2, 0.25) is 0 Å². The summed E-state index contributed by atoms with van der Waals surface area (Å²) in [5.41, 5.74) is 5.90. The van der Waals surface area contributed by atoms with Crippen LogP contribution in [-0.2, 0) is 4.74 Å². The van der Waals surface area contributed by atoms with E-state index in [4.69, 9.17) is 10.5 Å². The van der Waals surface area contributed by atoms with E-state index in [9.17, 15) is 0 Å². The van der Waals surface area contributed by atoms with E-state index >= 15 is 0 Å². The van der Waals surface area contributed by atoms with Crippen molar-refractivity contribution < 1.29 is 4.74 Å². The molecule has 14 heavy (non-hydrogen) atoms. The quantitative estimate of drug-likeness (QED) is 0.458. The van der Waals surface area contributed by atoms with Crippen LogP contribution in [0.15, 0.2) is 0 Å². The predicted molar refractivity (Wildman–Crippen MR) is 62.2 cm³/mol. The molecule has 0 amide bonds. The molecule has 2 N–H and O–H groups in total. The largest absolute Gasteiger partial charge is 0.360 e. The van der Waals surface area contributed by atoms with Gasteiger partial charge in [-0.3, -0.25) is 0 Å². The topological polar surface area (TPSA) is 35.2 Å². The lowest BCUT2D eigenvalue weighted by Gasteiger charge is -2.20. The molecule has 2 atom stereocenters. The van der Waals surface area contributed by atoms with Crippen LogP contribution >= 0.6 is 0 Å². The van der Waals surface area contributed by atoms with Crippen molar-refractivity contribution in [1.82, 2.24) is 0 Å². The summed E-state index contributed by atoms with van der Waals surface area (Å²) in [6.07, 6.45) is 8.44. The van der Waals surface area contributed by atoms with Gasteiger partial charge in [0.2, 0.25) is 0 Å². The molecule has 2 unspecified atom stereocenters. The average Bonchev–Trinajstić information content (AvgIpc) is 2.17. The number of hydrogen-bond acceptors (Lipinski definition) is 2. The Hall–Kier alpha value is -0.0800. The maximum Gasteiger partial charge on any atom is 0.106 e. The minimum Gasteiger partial charge on any atom is -0.360 e. The maximum absolute atomic E-state index is 5.90. The minimum absolute atomic E-state index is 0.0435. The highest BCUT2D eigenvalue weighted by atomic mass is 16.5. The third kappa shape index (κ3) is 7.34. The van der Waals surface area contributed by atoms with Gasteiger partial charge in [0.1, 0.15) is 6.23 Å². The highest BCUT2D eigenvalue weighted by molar-refractivity contribution is 4.58. The van der Waals surface area contributed by atoms with E-state index in [0.717, 1.165) is 19.3 Å². The van der Waals surface area contributed by atoms with Crippen LogP contribution < -0.4 is 5.73 Å². The van der Waals surface area contributed by atoms with Gasteiger partial charge in [-0.05, 0) is 25.7 Å². The molecule has 0 heterocycles. The molecule has 0 radical (unpaired) electrons. The summed E-state index contributed by atoms with van der Waals surface area (Å²) in [7, 11) is 0. The molecule has 0 aliphatic rings. The fourth-order valence-electron chi connectivity index (χ4n) is 1.60. The Kier molecular flexibility index (Phi) is 9.42. The number of nitrogens with two attached hydrogens (primary N) is 1. The zero-order chi connectivity index (χ0) is 10.8. The van der Waals surface area contributed by atoms with Gasteiger partial charge in [0.05, 0.1) is 6.10 Å². The van der Waals surface area contributed by atoms with Crippen LogP contribution in [0, 0.1) is 0 Å². The van der Waals surface area contributed by atoms with Gasteiger partial charge in [-0.2, -0.15) is 0 Å². The predicted octanol–water partition coefficient (Wildman–Crippen LogP) is 3.45. The molecule has 0 spiro atoms. The van der Waals surface area contributed by atoms with Gasteiger partial charge in [0.15, 0.2) is 0 Å². The highest BCUT2D eigenvalue weighted by Gasteiger charge is 2.10. The molecule has 2 nitrogen and oxygen atoms in total. The van der Waals surface area contributed by atoms with Gasteiger partial charge >= 0.3 is 0 Å². The van der Waals surface area contributed by atoms with E-state index in [0.29, 0.717) is 6.10 Å². The van der Waals surface area contributed by atoms with Crippen LogP contribution in [0.4, 0.5) is 0 Å². The van der Waals surface area contributed by atoms with Crippen molar-refractivity contribution in [3.63, 3.8) is 0 Å². The van der Waals surface area contributed by atoms with Crippen LogP contribution in [-0.4, -0.2) is 12.3 Å². The maximum atomic E-state index is 5.90. The van der Waals surface area contributed by atoms with Crippen molar-refractivity contribution >= 4 is 0 Å². The second kappa shape index (κ2) is 9.47. The van der Waals surface area contributed by atoms with E-state index in [2.05, 4.69) is 20.8 Å². The molecule has 0 aromatic carbocycles. The van der Waals surface area contributed by atoms with Crippen molar-refractivity contribution in [2.45, 2.75) is 78.0 Å². The molecule has 0 aromatic rings. The first kappa shape index (κ1) is 13.9. The van der Waals surface area contributed by atoms with Gasteiger partial charge in [0, 0.05) is 0 Å². The summed E-state index contributed by atoms with van der Waals surface area (Å²) >= 11 is 0. The average molecular weight is 201 g/mol. The lowest BCUT2D eigenvalue weighted by atomic mass is 10.1. The van der Waals surface area contributed by atoms with E-state index in [1.807, 2.05) is 0 Å². The van der Waals surface area contributed by atoms with Crippen molar-refractivity contribution in [1.29, 1.82) is 0 Å². The molecule has 0 saturated heterocycles. The smallest absolute Gasteiger partial charge is 0.106 e. The zero-order valence-electron chi connectivity index (χ0n) is 10.1. The van der Waals surface area contributed by atoms with Gasteiger partial charge in [0.25, 0.3) is 0 Å². The molecule has 86 valence electrons. The monoisotopic (exact) mass is 201 g/mol. The Bertz CT molecular complexity index is 117. The van der Waals surface area contributed by atoms with Crippen molar-refractivity contribution in [3.8, 4) is 0 Å². The summed E-state index contributed by atoms with van der Waals surface area (Å²) in [5.74, 6) is 0. The normalized spacial score (nSPS) is 15.4. The Morgan fingerprint density at radius 1 is 1.00 bits per heavy atom. The van der Waals surface area contributed by atoms with Crippen LogP contribution in [0.1, 0.15) is 65.7 Å². The zero-order valence-corrected chi connectivity index (χ0v) is 10.1. The van der Waals surface area contributed by atoms with Gasteiger partial charge < -0.3 is 10.5 Å². The molecule has 2 heteroatoms.